The molecule has 3 N–H and O–H groups in total. The Labute approximate surface area is 139 Å². The summed E-state index contributed by atoms with van der Waals surface area (Å²) in [5, 5.41) is 19.8. The third-order valence-electron chi connectivity index (χ3n) is 4.81. The second kappa shape index (κ2) is 7.00. The number of fused-ring (bicyclic) bond motifs is 1. The summed E-state index contributed by atoms with van der Waals surface area (Å²) < 4.78 is 0. The molecule has 0 spiro atoms. The molecule has 1 fully saturated rings. The van der Waals surface area contributed by atoms with Crippen LogP contribution in [0.4, 0.5) is 0 Å². The standard InChI is InChI=1S/C20H28N2O/c1-20(2,22-14-19(23)18-8-5-11-21-18)13-15-9-10-16-6-3-4-7-17(16)12-15/h3-4,6-7,9-10,12,18-19,21-23H,5,8,11,13-14H2,1-2H3/t18-,19-/m1/s1. The van der Waals surface area contributed by atoms with Crippen molar-refractivity contribution in [3.63, 3.8) is 0 Å². The summed E-state index contributed by atoms with van der Waals surface area (Å²) in [6.07, 6.45) is 2.88. The molecule has 2 aromatic rings. The van der Waals surface area contributed by atoms with E-state index in [0.29, 0.717) is 6.54 Å². The lowest BCUT2D eigenvalue weighted by atomic mass is 9.93. The molecule has 0 aliphatic carbocycles. The fourth-order valence-corrected chi connectivity index (χ4v) is 3.48. The van der Waals surface area contributed by atoms with Crippen LogP contribution >= 0.6 is 0 Å². The Hall–Kier alpha value is -1.42. The maximum atomic E-state index is 10.3. The van der Waals surface area contributed by atoms with Gasteiger partial charge in [0.2, 0.25) is 0 Å². The number of rotatable bonds is 6. The van der Waals surface area contributed by atoms with Crippen LogP contribution in [0.25, 0.3) is 10.8 Å². The number of β-amino-alcohol motifs (C(OH)–C–C–N with tert-alkyl or cyclic N) is 1. The Kier molecular flexibility index (Phi) is 5.00. The second-order valence-electron chi connectivity index (χ2n) is 7.39. The van der Waals surface area contributed by atoms with Crippen LogP contribution in [-0.2, 0) is 6.42 Å². The highest BCUT2D eigenvalue weighted by Crippen LogP contribution is 2.20. The fourth-order valence-electron chi connectivity index (χ4n) is 3.48. The lowest BCUT2D eigenvalue weighted by Crippen LogP contribution is -2.49. The van der Waals surface area contributed by atoms with Crippen LogP contribution in [0.3, 0.4) is 0 Å². The van der Waals surface area contributed by atoms with Crippen LogP contribution in [0.5, 0.6) is 0 Å². The maximum absolute atomic E-state index is 10.3. The number of aliphatic hydroxyl groups excluding tert-OH is 1. The van der Waals surface area contributed by atoms with Gasteiger partial charge in [-0.2, -0.15) is 0 Å². The summed E-state index contributed by atoms with van der Waals surface area (Å²) in [6.45, 7) is 6.08. The molecule has 3 rings (SSSR count). The molecule has 23 heavy (non-hydrogen) atoms. The highest BCUT2D eigenvalue weighted by atomic mass is 16.3. The minimum absolute atomic E-state index is 0.0396. The monoisotopic (exact) mass is 312 g/mol. The zero-order valence-corrected chi connectivity index (χ0v) is 14.2. The minimum atomic E-state index is -0.312. The molecule has 1 saturated heterocycles. The van der Waals surface area contributed by atoms with Crippen molar-refractivity contribution >= 4 is 10.8 Å². The SMILES string of the molecule is CC(C)(Cc1ccc2ccccc2c1)NC[C@@H](O)[C@H]1CCCN1. The molecule has 2 aromatic carbocycles. The Morgan fingerprint density at radius 2 is 2.00 bits per heavy atom. The van der Waals surface area contributed by atoms with Crippen molar-refractivity contribution < 1.29 is 5.11 Å². The van der Waals surface area contributed by atoms with Gasteiger partial charge in [-0.25, -0.2) is 0 Å². The van der Waals surface area contributed by atoms with Gasteiger partial charge in [0.1, 0.15) is 0 Å². The third-order valence-corrected chi connectivity index (χ3v) is 4.81. The molecule has 3 nitrogen and oxygen atoms in total. The third kappa shape index (κ3) is 4.31. The van der Waals surface area contributed by atoms with Crippen LogP contribution in [0.2, 0.25) is 0 Å². The Morgan fingerprint density at radius 3 is 2.74 bits per heavy atom. The molecule has 1 aliphatic rings. The maximum Gasteiger partial charge on any atom is 0.0817 e. The van der Waals surface area contributed by atoms with Crippen molar-refractivity contribution in [3.8, 4) is 0 Å². The molecule has 0 radical (unpaired) electrons. The summed E-state index contributed by atoms with van der Waals surface area (Å²) >= 11 is 0. The summed E-state index contributed by atoms with van der Waals surface area (Å²) in [7, 11) is 0. The topological polar surface area (TPSA) is 44.3 Å². The molecular weight excluding hydrogens is 284 g/mol. The first kappa shape index (κ1) is 16.4. The van der Waals surface area contributed by atoms with Gasteiger partial charge in [-0.3, -0.25) is 0 Å². The number of benzene rings is 2. The first-order valence-electron chi connectivity index (χ1n) is 8.68. The molecule has 0 amide bonds. The lowest BCUT2D eigenvalue weighted by molar-refractivity contribution is 0.123. The molecule has 1 aliphatic heterocycles. The molecular formula is C20H28N2O. The molecule has 1 heterocycles. The Bertz CT molecular complexity index is 647. The number of hydrogen-bond donors (Lipinski definition) is 3. The number of nitrogens with one attached hydrogen (secondary N) is 2. The highest BCUT2D eigenvalue weighted by molar-refractivity contribution is 5.83. The van der Waals surface area contributed by atoms with Gasteiger partial charge in [0.25, 0.3) is 0 Å². The van der Waals surface area contributed by atoms with Gasteiger partial charge in [-0.05, 0) is 56.0 Å². The Morgan fingerprint density at radius 1 is 1.22 bits per heavy atom. The van der Waals surface area contributed by atoms with Crippen molar-refractivity contribution in [1.82, 2.24) is 10.6 Å². The summed E-state index contributed by atoms with van der Waals surface area (Å²) in [4.78, 5) is 0. The zero-order chi connectivity index (χ0) is 16.3. The van der Waals surface area contributed by atoms with Gasteiger partial charge in [-0.15, -0.1) is 0 Å². The zero-order valence-electron chi connectivity index (χ0n) is 14.2. The quantitative estimate of drug-likeness (QED) is 0.768. The number of hydrogen-bond acceptors (Lipinski definition) is 3. The minimum Gasteiger partial charge on any atom is -0.390 e. The van der Waals surface area contributed by atoms with Gasteiger partial charge in [0.15, 0.2) is 0 Å². The molecule has 124 valence electrons. The first-order chi connectivity index (χ1) is 11.0. The predicted octanol–water partition coefficient (Wildman–Crippen LogP) is 2.86. The van der Waals surface area contributed by atoms with E-state index in [2.05, 4.69) is 66.9 Å². The van der Waals surface area contributed by atoms with E-state index >= 15 is 0 Å². The summed E-state index contributed by atoms with van der Waals surface area (Å²) in [5.41, 5.74) is 1.29. The predicted molar refractivity (Wildman–Crippen MR) is 96.8 cm³/mol. The summed E-state index contributed by atoms with van der Waals surface area (Å²) in [5.74, 6) is 0. The van der Waals surface area contributed by atoms with E-state index in [0.717, 1.165) is 19.4 Å². The van der Waals surface area contributed by atoms with E-state index in [1.807, 2.05) is 0 Å². The van der Waals surface area contributed by atoms with Crippen LogP contribution in [0.15, 0.2) is 42.5 Å². The van der Waals surface area contributed by atoms with Crippen molar-refractivity contribution in [1.29, 1.82) is 0 Å². The van der Waals surface area contributed by atoms with E-state index < -0.39 is 0 Å². The molecule has 0 aromatic heterocycles. The van der Waals surface area contributed by atoms with E-state index in [-0.39, 0.29) is 17.7 Å². The van der Waals surface area contributed by atoms with Gasteiger partial charge in [0.05, 0.1) is 6.10 Å². The fraction of sp³-hybridized carbons (Fsp3) is 0.500. The van der Waals surface area contributed by atoms with Crippen LogP contribution in [-0.4, -0.2) is 35.9 Å². The molecule has 0 saturated carbocycles. The molecule has 2 atom stereocenters. The van der Waals surface area contributed by atoms with Crippen molar-refractivity contribution in [3.05, 3.63) is 48.0 Å². The molecule has 0 unspecified atom stereocenters. The lowest BCUT2D eigenvalue weighted by Gasteiger charge is -2.29. The van der Waals surface area contributed by atoms with Crippen molar-refractivity contribution in [2.75, 3.05) is 13.1 Å². The van der Waals surface area contributed by atoms with Crippen LogP contribution in [0, 0.1) is 0 Å². The average Bonchev–Trinajstić information content (AvgIpc) is 3.07. The smallest absolute Gasteiger partial charge is 0.0817 e. The average molecular weight is 312 g/mol. The number of aliphatic hydroxyl groups is 1. The van der Waals surface area contributed by atoms with Gasteiger partial charge in [0, 0.05) is 18.1 Å². The second-order valence-corrected chi connectivity index (χ2v) is 7.39. The van der Waals surface area contributed by atoms with Gasteiger partial charge < -0.3 is 15.7 Å². The molecule has 3 heteroatoms. The largest absolute Gasteiger partial charge is 0.390 e. The van der Waals surface area contributed by atoms with Crippen LogP contribution < -0.4 is 10.6 Å². The van der Waals surface area contributed by atoms with Crippen molar-refractivity contribution in [2.24, 2.45) is 0 Å². The van der Waals surface area contributed by atoms with E-state index in [4.69, 9.17) is 0 Å². The van der Waals surface area contributed by atoms with E-state index in [1.54, 1.807) is 0 Å². The van der Waals surface area contributed by atoms with E-state index in [1.165, 1.54) is 22.8 Å². The highest BCUT2D eigenvalue weighted by Gasteiger charge is 2.25. The van der Waals surface area contributed by atoms with Crippen LogP contribution in [0.1, 0.15) is 32.3 Å². The first-order valence-corrected chi connectivity index (χ1v) is 8.68. The van der Waals surface area contributed by atoms with Crippen molar-refractivity contribution in [2.45, 2.75) is 50.8 Å². The van der Waals surface area contributed by atoms with E-state index in [9.17, 15) is 5.11 Å². The summed E-state index contributed by atoms with van der Waals surface area (Å²) in [6, 6.07) is 15.4. The van der Waals surface area contributed by atoms with Gasteiger partial charge in [-0.1, -0.05) is 42.5 Å². The Balaban J connectivity index is 1.60. The normalized spacial score (nSPS) is 20.0. The molecule has 0 bridgehead atoms. The van der Waals surface area contributed by atoms with Gasteiger partial charge >= 0.3 is 0 Å².